The monoisotopic (exact) mass is 290 g/mol. The van der Waals surface area contributed by atoms with Crippen molar-refractivity contribution >= 4 is 5.97 Å². The van der Waals surface area contributed by atoms with E-state index in [0.717, 1.165) is 18.9 Å². The third kappa shape index (κ3) is 1.92. The van der Waals surface area contributed by atoms with Gasteiger partial charge in [0.05, 0.1) is 0 Å². The van der Waals surface area contributed by atoms with Crippen molar-refractivity contribution < 1.29 is 19.7 Å². The van der Waals surface area contributed by atoms with E-state index < -0.39 is 5.97 Å². The maximum Gasteiger partial charge on any atom is 0.342 e. The number of ether oxygens (including phenoxy) is 1. The minimum absolute atomic E-state index is 0.000134. The van der Waals surface area contributed by atoms with Crippen LogP contribution in [0.2, 0.25) is 0 Å². The molecular formula is C17H22O4. The van der Waals surface area contributed by atoms with Gasteiger partial charge in [-0.25, -0.2) is 4.79 Å². The summed E-state index contributed by atoms with van der Waals surface area (Å²) >= 11 is 0. The molecule has 0 heterocycles. The molecule has 3 rings (SSSR count). The molecule has 3 atom stereocenters. The fraction of sp³-hybridized carbons (Fsp3) is 0.588. The Balaban J connectivity index is 1.80. The predicted octanol–water partition coefficient (Wildman–Crippen LogP) is 3.47. The topological polar surface area (TPSA) is 66.8 Å². The third-order valence-corrected chi connectivity index (χ3v) is 6.16. The highest BCUT2D eigenvalue weighted by Gasteiger charge is 2.62. The number of hydrogen-bond acceptors (Lipinski definition) is 4. The van der Waals surface area contributed by atoms with E-state index in [-0.39, 0.29) is 34.0 Å². The molecule has 2 saturated carbocycles. The third-order valence-electron chi connectivity index (χ3n) is 6.16. The molecule has 2 bridgehead atoms. The fourth-order valence-electron chi connectivity index (χ4n) is 4.19. The molecule has 0 aliphatic heterocycles. The van der Waals surface area contributed by atoms with Crippen LogP contribution in [0.5, 0.6) is 11.5 Å². The molecule has 0 spiro atoms. The van der Waals surface area contributed by atoms with Gasteiger partial charge in [0.15, 0.2) is 0 Å². The second-order valence-corrected chi connectivity index (χ2v) is 7.21. The first kappa shape index (κ1) is 14.2. The van der Waals surface area contributed by atoms with Gasteiger partial charge in [0.2, 0.25) is 0 Å². The van der Waals surface area contributed by atoms with Crippen molar-refractivity contribution in [2.24, 2.45) is 16.7 Å². The molecule has 4 nitrogen and oxygen atoms in total. The van der Waals surface area contributed by atoms with Crippen LogP contribution in [0.1, 0.15) is 50.4 Å². The Morgan fingerprint density at radius 1 is 1.29 bits per heavy atom. The van der Waals surface area contributed by atoms with Gasteiger partial charge in [-0.1, -0.05) is 20.8 Å². The lowest BCUT2D eigenvalue weighted by molar-refractivity contribution is -0.0244. The van der Waals surface area contributed by atoms with Crippen LogP contribution in [-0.2, 0) is 4.74 Å². The summed E-state index contributed by atoms with van der Waals surface area (Å²) in [6, 6.07) is 3.93. The smallest absolute Gasteiger partial charge is 0.342 e. The summed E-state index contributed by atoms with van der Waals surface area (Å²) in [4.78, 5) is 12.3. The van der Waals surface area contributed by atoms with Crippen LogP contribution in [0.4, 0.5) is 0 Å². The Morgan fingerprint density at radius 3 is 2.52 bits per heavy atom. The van der Waals surface area contributed by atoms with E-state index in [0.29, 0.717) is 5.92 Å². The number of benzene rings is 1. The molecule has 21 heavy (non-hydrogen) atoms. The number of hydrogen-bond donors (Lipinski definition) is 2. The highest BCUT2D eigenvalue weighted by molar-refractivity contribution is 5.92. The molecule has 1 aromatic carbocycles. The normalized spacial score (nSPS) is 33.1. The quantitative estimate of drug-likeness (QED) is 0.818. The van der Waals surface area contributed by atoms with Gasteiger partial charge in [0.1, 0.15) is 23.2 Å². The molecule has 4 heteroatoms. The SMILES string of the molecule is CC1(C)C2CCC1(C)C(OC(=O)c1ccc(O)cc1O)C2. The predicted molar refractivity (Wildman–Crippen MR) is 78.2 cm³/mol. The van der Waals surface area contributed by atoms with E-state index in [4.69, 9.17) is 4.74 Å². The summed E-state index contributed by atoms with van der Waals surface area (Å²) in [6.45, 7) is 6.72. The Labute approximate surface area is 124 Å². The van der Waals surface area contributed by atoms with Crippen LogP contribution in [-0.4, -0.2) is 22.3 Å². The van der Waals surface area contributed by atoms with Crippen LogP contribution < -0.4 is 0 Å². The standard InChI is InChI=1S/C17H22O4/c1-16(2)10-6-7-17(16,3)14(8-10)21-15(20)12-5-4-11(18)9-13(12)19/h4-5,9-10,14,18-19H,6-8H2,1-3H3. The highest BCUT2D eigenvalue weighted by Crippen LogP contribution is 2.66. The first-order chi connectivity index (χ1) is 9.75. The molecular weight excluding hydrogens is 268 g/mol. The first-order valence-corrected chi connectivity index (χ1v) is 7.48. The van der Waals surface area contributed by atoms with Crippen LogP contribution in [0.3, 0.4) is 0 Å². The summed E-state index contributed by atoms with van der Waals surface area (Å²) in [7, 11) is 0. The van der Waals surface area contributed by atoms with Gasteiger partial charge in [-0.2, -0.15) is 0 Å². The Hall–Kier alpha value is -1.71. The van der Waals surface area contributed by atoms with E-state index in [1.54, 1.807) is 0 Å². The van der Waals surface area contributed by atoms with Gasteiger partial charge in [-0.3, -0.25) is 0 Å². The van der Waals surface area contributed by atoms with Gasteiger partial charge in [0, 0.05) is 11.5 Å². The first-order valence-electron chi connectivity index (χ1n) is 7.48. The Kier molecular flexibility index (Phi) is 2.98. The summed E-state index contributed by atoms with van der Waals surface area (Å²) in [5.41, 5.74) is 0.284. The summed E-state index contributed by atoms with van der Waals surface area (Å²) < 4.78 is 5.71. The summed E-state index contributed by atoms with van der Waals surface area (Å²) in [6.07, 6.45) is 3.06. The van der Waals surface area contributed by atoms with E-state index in [9.17, 15) is 15.0 Å². The molecule has 114 valence electrons. The van der Waals surface area contributed by atoms with Crippen molar-refractivity contribution in [2.45, 2.75) is 46.1 Å². The summed E-state index contributed by atoms with van der Waals surface area (Å²) in [5, 5.41) is 19.1. The van der Waals surface area contributed by atoms with E-state index in [1.165, 1.54) is 18.6 Å². The minimum atomic E-state index is -0.512. The number of phenols is 2. The number of aromatic hydroxyl groups is 2. The largest absolute Gasteiger partial charge is 0.508 e. The maximum absolute atomic E-state index is 12.3. The fourth-order valence-corrected chi connectivity index (χ4v) is 4.19. The molecule has 2 N–H and O–H groups in total. The molecule has 0 saturated heterocycles. The summed E-state index contributed by atoms with van der Waals surface area (Å²) in [5.74, 6) is -0.236. The van der Waals surface area contributed by atoms with Gasteiger partial charge < -0.3 is 14.9 Å². The number of carbonyl (C=O) groups excluding carboxylic acids is 1. The van der Waals surface area contributed by atoms with Crippen LogP contribution in [0, 0.1) is 16.7 Å². The molecule has 2 fully saturated rings. The molecule has 3 unspecified atom stereocenters. The molecule has 0 amide bonds. The van der Waals surface area contributed by atoms with Gasteiger partial charge in [-0.15, -0.1) is 0 Å². The molecule has 2 aliphatic rings. The van der Waals surface area contributed by atoms with Crippen molar-refractivity contribution in [2.75, 3.05) is 0 Å². The number of phenolic OH excluding ortho intramolecular Hbond substituents is 2. The average molecular weight is 290 g/mol. The van der Waals surface area contributed by atoms with Crippen molar-refractivity contribution in [1.29, 1.82) is 0 Å². The van der Waals surface area contributed by atoms with Crippen LogP contribution >= 0.6 is 0 Å². The maximum atomic E-state index is 12.3. The van der Waals surface area contributed by atoms with E-state index in [2.05, 4.69) is 20.8 Å². The zero-order valence-electron chi connectivity index (χ0n) is 12.7. The Morgan fingerprint density at radius 2 is 2.00 bits per heavy atom. The number of rotatable bonds is 2. The molecule has 2 aliphatic carbocycles. The van der Waals surface area contributed by atoms with Gasteiger partial charge >= 0.3 is 5.97 Å². The number of carbonyl (C=O) groups is 1. The van der Waals surface area contributed by atoms with Gasteiger partial charge in [-0.05, 0) is 42.7 Å². The lowest BCUT2D eigenvalue weighted by atomic mass is 9.70. The van der Waals surface area contributed by atoms with Crippen LogP contribution in [0.15, 0.2) is 18.2 Å². The lowest BCUT2D eigenvalue weighted by Crippen LogP contribution is -2.38. The van der Waals surface area contributed by atoms with Crippen molar-refractivity contribution in [1.82, 2.24) is 0 Å². The van der Waals surface area contributed by atoms with Crippen LogP contribution in [0.25, 0.3) is 0 Å². The molecule has 0 radical (unpaired) electrons. The molecule has 0 aromatic heterocycles. The van der Waals surface area contributed by atoms with Crippen molar-refractivity contribution in [3.63, 3.8) is 0 Å². The lowest BCUT2D eigenvalue weighted by Gasteiger charge is -2.38. The number of fused-ring (bicyclic) bond motifs is 2. The minimum Gasteiger partial charge on any atom is -0.508 e. The second kappa shape index (κ2) is 4.39. The van der Waals surface area contributed by atoms with Crippen molar-refractivity contribution in [3.05, 3.63) is 23.8 Å². The zero-order valence-corrected chi connectivity index (χ0v) is 12.7. The van der Waals surface area contributed by atoms with Gasteiger partial charge in [0.25, 0.3) is 0 Å². The molecule has 1 aromatic rings. The van der Waals surface area contributed by atoms with Crippen molar-refractivity contribution in [3.8, 4) is 11.5 Å². The number of esters is 1. The van der Waals surface area contributed by atoms with E-state index >= 15 is 0 Å². The zero-order chi connectivity index (χ0) is 15.4. The second-order valence-electron chi connectivity index (χ2n) is 7.21. The average Bonchev–Trinajstić information content (AvgIpc) is 2.71. The Bertz CT molecular complexity index is 592. The highest BCUT2D eigenvalue weighted by atomic mass is 16.5. The van der Waals surface area contributed by atoms with E-state index in [1.807, 2.05) is 0 Å².